The van der Waals surface area contributed by atoms with Gasteiger partial charge in [0.25, 0.3) is 0 Å². The summed E-state index contributed by atoms with van der Waals surface area (Å²) in [5.41, 5.74) is -0.606. The minimum absolute atomic E-state index is 0.120. The number of hydrogen-bond donors (Lipinski definition) is 1. The molecule has 2 aliphatic rings. The van der Waals surface area contributed by atoms with Crippen molar-refractivity contribution in [2.75, 3.05) is 84.9 Å². The summed E-state index contributed by atoms with van der Waals surface area (Å²) in [6.07, 6.45) is 3.99. The first-order chi connectivity index (χ1) is 14.6. The first kappa shape index (κ1) is 26.3. The smallest absolute Gasteiger partial charge is 0.0810 e. The summed E-state index contributed by atoms with van der Waals surface area (Å²) in [4.78, 5) is 2.39. The Morgan fingerprint density at radius 1 is 0.733 bits per heavy atom. The minimum Gasteiger partial charge on any atom is -0.388 e. The van der Waals surface area contributed by atoms with Crippen LogP contribution in [0, 0.1) is 0 Å². The van der Waals surface area contributed by atoms with Crippen molar-refractivity contribution in [2.45, 2.75) is 56.4 Å². The lowest BCUT2D eigenvalue weighted by molar-refractivity contribution is -0.0557. The highest BCUT2D eigenvalue weighted by Crippen LogP contribution is 2.36. The third-order valence-electron chi connectivity index (χ3n) is 5.65. The summed E-state index contributed by atoms with van der Waals surface area (Å²) in [7, 11) is 0. The van der Waals surface area contributed by atoms with E-state index in [-0.39, 0.29) is 6.04 Å². The maximum atomic E-state index is 11.4. The van der Waals surface area contributed by atoms with Gasteiger partial charge in [0.05, 0.1) is 71.7 Å². The summed E-state index contributed by atoms with van der Waals surface area (Å²) in [6.45, 7) is 11.8. The van der Waals surface area contributed by atoms with Gasteiger partial charge < -0.3 is 28.8 Å². The van der Waals surface area contributed by atoms with Crippen molar-refractivity contribution < 1.29 is 28.8 Å². The molecule has 30 heavy (non-hydrogen) atoms. The fourth-order valence-electron chi connectivity index (χ4n) is 3.97. The van der Waals surface area contributed by atoms with Gasteiger partial charge >= 0.3 is 0 Å². The molecular formula is C22H43NO6S. The van der Waals surface area contributed by atoms with E-state index < -0.39 is 5.60 Å². The molecule has 1 aliphatic heterocycles. The quantitative estimate of drug-likeness (QED) is 0.685. The highest BCUT2D eigenvalue weighted by molar-refractivity contribution is 7.99. The van der Waals surface area contributed by atoms with Crippen LogP contribution < -0.4 is 0 Å². The predicted octanol–water partition coefficient (Wildman–Crippen LogP) is 2.20. The molecule has 1 heterocycles. The maximum absolute atomic E-state index is 11.4. The Labute approximate surface area is 187 Å². The standard InChI is InChI=1S/C22H43NO6S/c1-20(2)30-19-21(22(24)5-3-4-6-22)23-7-9-25-11-13-27-15-17-29-18-16-28-14-12-26-10-8-23/h20-21,24H,3-19H2,1-2H3/t21-/m0/s1. The van der Waals surface area contributed by atoms with Crippen molar-refractivity contribution in [1.29, 1.82) is 0 Å². The third-order valence-corrected chi connectivity index (χ3v) is 6.83. The molecule has 0 spiro atoms. The van der Waals surface area contributed by atoms with Gasteiger partial charge in [-0.05, 0) is 18.1 Å². The zero-order chi connectivity index (χ0) is 21.5. The Morgan fingerprint density at radius 3 is 1.53 bits per heavy atom. The molecule has 7 nitrogen and oxygen atoms in total. The first-order valence-corrected chi connectivity index (χ1v) is 12.6. The number of nitrogens with zero attached hydrogens (tertiary/aromatic N) is 1. The Morgan fingerprint density at radius 2 is 1.13 bits per heavy atom. The van der Waals surface area contributed by atoms with E-state index in [1.54, 1.807) is 0 Å². The molecule has 1 saturated heterocycles. The molecule has 1 saturated carbocycles. The number of aliphatic hydroxyl groups is 1. The van der Waals surface area contributed by atoms with Crippen molar-refractivity contribution in [1.82, 2.24) is 4.90 Å². The summed E-state index contributed by atoms with van der Waals surface area (Å²) in [6, 6.07) is 0.120. The van der Waals surface area contributed by atoms with E-state index in [0.29, 0.717) is 71.3 Å². The SMILES string of the molecule is CC(C)SC[C@H](N1CCOCCOCCOCCOCCOCC1)C1(O)CCCC1. The van der Waals surface area contributed by atoms with E-state index in [9.17, 15) is 5.11 Å². The van der Waals surface area contributed by atoms with Crippen LogP contribution in [0.3, 0.4) is 0 Å². The highest BCUT2D eigenvalue weighted by atomic mass is 32.2. The molecule has 2 rings (SSSR count). The normalized spacial score (nSPS) is 25.6. The lowest BCUT2D eigenvalue weighted by Gasteiger charge is -2.41. The van der Waals surface area contributed by atoms with E-state index >= 15 is 0 Å². The fraction of sp³-hybridized carbons (Fsp3) is 1.00. The molecule has 178 valence electrons. The second-order valence-electron chi connectivity index (χ2n) is 8.31. The van der Waals surface area contributed by atoms with Crippen LogP contribution in [0.15, 0.2) is 0 Å². The molecule has 8 heteroatoms. The average molecular weight is 450 g/mol. The highest BCUT2D eigenvalue weighted by Gasteiger charge is 2.42. The summed E-state index contributed by atoms with van der Waals surface area (Å²) >= 11 is 1.93. The minimum atomic E-state index is -0.606. The van der Waals surface area contributed by atoms with Crippen LogP contribution in [0.2, 0.25) is 0 Å². The van der Waals surface area contributed by atoms with Crippen molar-refractivity contribution in [3.63, 3.8) is 0 Å². The molecule has 0 radical (unpaired) electrons. The van der Waals surface area contributed by atoms with E-state index in [4.69, 9.17) is 23.7 Å². The summed E-state index contributed by atoms with van der Waals surface area (Å²) in [5.74, 6) is 0.931. The number of rotatable bonds is 5. The molecule has 2 fully saturated rings. The van der Waals surface area contributed by atoms with Crippen molar-refractivity contribution in [3.05, 3.63) is 0 Å². The van der Waals surface area contributed by atoms with Crippen molar-refractivity contribution in [2.24, 2.45) is 0 Å². The first-order valence-electron chi connectivity index (χ1n) is 11.6. The van der Waals surface area contributed by atoms with Crippen molar-refractivity contribution >= 4 is 11.8 Å². The molecule has 0 bridgehead atoms. The topological polar surface area (TPSA) is 69.6 Å². The molecule has 1 N–H and O–H groups in total. The molecule has 1 atom stereocenters. The molecule has 0 aromatic rings. The lowest BCUT2D eigenvalue weighted by atomic mass is 9.92. The van der Waals surface area contributed by atoms with Gasteiger partial charge in [-0.15, -0.1) is 0 Å². The Kier molecular flexibility index (Phi) is 13.9. The van der Waals surface area contributed by atoms with Crippen LogP contribution >= 0.6 is 11.8 Å². The van der Waals surface area contributed by atoms with Crippen LogP contribution in [0.25, 0.3) is 0 Å². The Bertz CT molecular complexity index is 404. The second-order valence-corrected chi connectivity index (χ2v) is 9.92. The van der Waals surface area contributed by atoms with Gasteiger partial charge in [0.1, 0.15) is 0 Å². The second kappa shape index (κ2) is 15.8. The maximum Gasteiger partial charge on any atom is 0.0810 e. The zero-order valence-electron chi connectivity index (χ0n) is 19.0. The van der Waals surface area contributed by atoms with Gasteiger partial charge in [-0.2, -0.15) is 11.8 Å². The number of ether oxygens (including phenoxy) is 5. The van der Waals surface area contributed by atoms with Crippen LogP contribution in [-0.4, -0.2) is 112 Å². The molecule has 0 aromatic heterocycles. The van der Waals surface area contributed by atoms with Gasteiger partial charge in [0, 0.05) is 24.9 Å². The monoisotopic (exact) mass is 449 g/mol. The zero-order valence-corrected chi connectivity index (χ0v) is 19.8. The summed E-state index contributed by atoms with van der Waals surface area (Å²) in [5, 5.41) is 12.0. The number of hydrogen-bond acceptors (Lipinski definition) is 8. The lowest BCUT2D eigenvalue weighted by Crippen LogP contribution is -2.55. The van der Waals surface area contributed by atoms with Crippen LogP contribution in [0.1, 0.15) is 39.5 Å². The summed E-state index contributed by atoms with van der Waals surface area (Å²) < 4.78 is 28.2. The predicted molar refractivity (Wildman–Crippen MR) is 120 cm³/mol. The average Bonchev–Trinajstić information content (AvgIpc) is 3.16. The molecular weight excluding hydrogens is 406 g/mol. The van der Waals surface area contributed by atoms with E-state index in [1.807, 2.05) is 11.8 Å². The van der Waals surface area contributed by atoms with Crippen LogP contribution in [0.4, 0.5) is 0 Å². The van der Waals surface area contributed by atoms with E-state index in [1.165, 1.54) is 0 Å². The largest absolute Gasteiger partial charge is 0.388 e. The van der Waals surface area contributed by atoms with Gasteiger partial charge in [0.15, 0.2) is 0 Å². The van der Waals surface area contributed by atoms with Gasteiger partial charge in [-0.25, -0.2) is 0 Å². The third kappa shape index (κ3) is 10.6. The molecule has 0 amide bonds. The Balaban J connectivity index is 1.93. The van der Waals surface area contributed by atoms with Gasteiger partial charge in [-0.1, -0.05) is 26.7 Å². The van der Waals surface area contributed by atoms with E-state index in [0.717, 1.165) is 44.5 Å². The van der Waals surface area contributed by atoms with E-state index in [2.05, 4.69) is 18.7 Å². The Hall–Kier alpha value is 0.0700. The van der Waals surface area contributed by atoms with Crippen LogP contribution in [-0.2, 0) is 23.7 Å². The molecule has 0 unspecified atom stereocenters. The number of thioether (sulfide) groups is 1. The van der Waals surface area contributed by atoms with Crippen LogP contribution in [0.5, 0.6) is 0 Å². The molecule has 0 aromatic carbocycles. The fourth-order valence-corrected chi connectivity index (χ4v) is 5.06. The van der Waals surface area contributed by atoms with Crippen molar-refractivity contribution in [3.8, 4) is 0 Å². The van der Waals surface area contributed by atoms with Gasteiger partial charge in [-0.3, -0.25) is 4.90 Å². The van der Waals surface area contributed by atoms with Gasteiger partial charge in [0.2, 0.25) is 0 Å². The molecule has 1 aliphatic carbocycles.